The molecule has 0 bridgehead atoms. The molecular formula is C36H42N8O. The third-order valence-electron chi connectivity index (χ3n) is 10.5. The summed E-state index contributed by atoms with van der Waals surface area (Å²) in [6, 6.07) is 13.4. The number of hydrogen-bond acceptors (Lipinski definition) is 8. The largest absolute Gasteiger partial charge is 0.369 e. The first-order valence-corrected chi connectivity index (χ1v) is 16.7. The Morgan fingerprint density at radius 3 is 2.76 bits per heavy atom. The molecule has 0 saturated carbocycles. The summed E-state index contributed by atoms with van der Waals surface area (Å²) in [6.45, 7) is 9.12. The number of aromatic nitrogens is 4. The van der Waals surface area contributed by atoms with Gasteiger partial charge in [-0.3, -0.25) is 19.2 Å². The SMILES string of the molecule is CC1=C(c2cc3cnc(Nc4ccc(N5CCN6CCCC6C5)cc4)nc3n(Cc3cnccc3C3CCNC3)c2=O)CCC1. The summed E-state index contributed by atoms with van der Waals surface area (Å²) in [5.41, 5.74) is 8.45. The van der Waals surface area contributed by atoms with Gasteiger partial charge in [-0.05, 0) is 118 Å². The molecule has 232 valence electrons. The lowest BCUT2D eigenvalue weighted by molar-refractivity contribution is 0.231. The van der Waals surface area contributed by atoms with Crippen LogP contribution in [0.3, 0.4) is 0 Å². The van der Waals surface area contributed by atoms with Crippen LogP contribution in [0.25, 0.3) is 16.6 Å². The Balaban J connectivity index is 1.12. The highest BCUT2D eigenvalue weighted by atomic mass is 16.1. The maximum Gasteiger partial charge on any atom is 0.260 e. The van der Waals surface area contributed by atoms with Crippen LogP contribution in [0, 0.1) is 0 Å². The normalized spacial score (nSPS) is 22.0. The molecule has 45 heavy (non-hydrogen) atoms. The number of nitrogens with one attached hydrogen (secondary N) is 2. The third-order valence-corrected chi connectivity index (χ3v) is 10.5. The number of benzene rings is 1. The predicted molar refractivity (Wildman–Crippen MR) is 180 cm³/mol. The number of anilines is 3. The zero-order valence-corrected chi connectivity index (χ0v) is 26.1. The van der Waals surface area contributed by atoms with Crippen LogP contribution in [-0.2, 0) is 6.54 Å². The molecule has 0 radical (unpaired) electrons. The number of nitrogens with zero attached hydrogens (tertiary/aromatic N) is 6. The minimum Gasteiger partial charge on any atom is -0.369 e. The van der Waals surface area contributed by atoms with Crippen molar-refractivity contribution in [2.45, 2.75) is 64.0 Å². The predicted octanol–water partition coefficient (Wildman–Crippen LogP) is 5.30. The van der Waals surface area contributed by atoms with Gasteiger partial charge in [-0.25, -0.2) is 4.98 Å². The number of fused-ring (bicyclic) bond motifs is 2. The van der Waals surface area contributed by atoms with Crippen LogP contribution in [0.2, 0.25) is 0 Å². The Morgan fingerprint density at radius 1 is 1.02 bits per heavy atom. The Bertz CT molecular complexity index is 1810. The molecule has 1 aromatic carbocycles. The lowest BCUT2D eigenvalue weighted by Crippen LogP contribution is -2.50. The van der Waals surface area contributed by atoms with Gasteiger partial charge in [0.2, 0.25) is 5.95 Å². The number of hydrogen-bond donors (Lipinski definition) is 2. The van der Waals surface area contributed by atoms with Gasteiger partial charge in [0, 0.05) is 73.1 Å². The van der Waals surface area contributed by atoms with Gasteiger partial charge in [0.05, 0.1) is 6.54 Å². The first kappa shape index (κ1) is 28.4. The fourth-order valence-corrected chi connectivity index (χ4v) is 8.01. The number of piperazine rings is 1. The van der Waals surface area contributed by atoms with Crippen molar-refractivity contribution in [1.82, 2.24) is 29.7 Å². The highest BCUT2D eigenvalue weighted by Gasteiger charge is 2.30. The summed E-state index contributed by atoms with van der Waals surface area (Å²) >= 11 is 0. The average Bonchev–Trinajstić information content (AvgIpc) is 3.86. The molecule has 4 aliphatic rings. The van der Waals surface area contributed by atoms with Gasteiger partial charge < -0.3 is 15.5 Å². The molecule has 2 atom stereocenters. The zero-order chi connectivity index (χ0) is 30.3. The van der Waals surface area contributed by atoms with E-state index in [9.17, 15) is 4.79 Å². The summed E-state index contributed by atoms with van der Waals surface area (Å²) in [5, 5.41) is 7.77. The van der Waals surface area contributed by atoms with Crippen LogP contribution in [0.15, 0.2) is 65.4 Å². The van der Waals surface area contributed by atoms with Crippen molar-refractivity contribution in [3.63, 3.8) is 0 Å². The second-order valence-corrected chi connectivity index (χ2v) is 13.2. The highest BCUT2D eigenvalue weighted by molar-refractivity contribution is 5.82. The number of pyridine rings is 2. The molecule has 3 fully saturated rings. The summed E-state index contributed by atoms with van der Waals surface area (Å²) in [4.78, 5) is 33.6. The van der Waals surface area contributed by atoms with Gasteiger partial charge in [-0.2, -0.15) is 4.98 Å². The minimum atomic E-state index is 0.00876. The van der Waals surface area contributed by atoms with E-state index in [-0.39, 0.29) is 5.56 Å². The third kappa shape index (κ3) is 5.53. The van der Waals surface area contributed by atoms with E-state index in [4.69, 9.17) is 9.97 Å². The molecule has 3 aliphatic heterocycles. The lowest BCUT2D eigenvalue weighted by Gasteiger charge is -2.38. The van der Waals surface area contributed by atoms with Crippen LogP contribution in [0.5, 0.6) is 0 Å². The molecule has 0 spiro atoms. The van der Waals surface area contributed by atoms with Gasteiger partial charge in [-0.1, -0.05) is 5.57 Å². The van der Waals surface area contributed by atoms with Gasteiger partial charge in [-0.15, -0.1) is 0 Å². The Kier molecular flexibility index (Phi) is 7.59. The van der Waals surface area contributed by atoms with Gasteiger partial charge >= 0.3 is 0 Å². The van der Waals surface area contributed by atoms with Crippen molar-refractivity contribution >= 4 is 33.9 Å². The van der Waals surface area contributed by atoms with E-state index in [0.717, 1.165) is 80.6 Å². The lowest BCUT2D eigenvalue weighted by atomic mass is 9.95. The molecule has 2 unspecified atom stereocenters. The maximum atomic E-state index is 14.3. The Labute approximate surface area is 264 Å². The molecule has 3 saturated heterocycles. The maximum absolute atomic E-state index is 14.3. The molecule has 3 aromatic heterocycles. The van der Waals surface area contributed by atoms with E-state index in [1.807, 2.05) is 29.2 Å². The minimum absolute atomic E-state index is 0.00876. The molecule has 8 rings (SSSR count). The average molecular weight is 603 g/mol. The van der Waals surface area contributed by atoms with E-state index in [1.54, 1.807) is 0 Å². The molecular weight excluding hydrogens is 560 g/mol. The highest BCUT2D eigenvalue weighted by Crippen LogP contribution is 2.34. The molecule has 2 N–H and O–H groups in total. The summed E-state index contributed by atoms with van der Waals surface area (Å²) in [7, 11) is 0. The molecule has 9 heteroatoms. The van der Waals surface area contributed by atoms with Crippen molar-refractivity contribution in [2.75, 3.05) is 49.5 Å². The standard InChI is InChI=1S/C36H42N8O/c1-24-4-2-6-31(24)33-18-26-21-39-36(40-28-7-9-29(10-8-28)43-17-16-42-15-3-5-30(42)23-43)41-34(26)44(35(33)45)22-27-20-38-14-12-32(27)25-11-13-37-19-25/h7-10,12,14,18,20-21,25,30,37H,2-6,11,13,15-17,19,22-23H2,1H3,(H,39,40,41). The summed E-state index contributed by atoms with van der Waals surface area (Å²) in [5.74, 6) is 0.906. The zero-order valence-electron chi connectivity index (χ0n) is 26.1. The van der Waals surface area contributed by atoms with E-state index >= 15 is 0 Å². The van der Waals surface area contributed by atoms with Gasteiger partial charge in [0.1, 0.15) is 5.65 Å². The van der Waals surface area contributed by atoms with Crippen LogP contribution >= 0.6 is 0 Å². The van der Waals surface area contributed by atoms with Crippen LogP contribution in [0.1, 0.15) is 68.1 Å². The van der Waals surface area contributed by atoms with E-state index < -0.39 is 0 Å². The summed E-state index contributed by atoms with van der Waals surface area (Å²) < 4.78 is 1.85. The van der Waals surface area contributed by atoms with Gasteiger partial charge in [0.25, 0.3) is 5.56 Å². The van der Waals surface area contributed by atoms with Crippen molar-refractivity contribution in [1.29, 1.82) is 0 Å². The topological polar surface area (TPSA) is 91.2 Å². The molecule has 1 aliphatic carbocycles. The fourth-order valence-electron chi connectivity index (χ4n) is 8.01. The second kappa shape index (κ2) is 12.0. The summed E-state index contributed by atoms with van der Waals surface area (Å²) in [6.07, 6.45) is 12.4. The van der Waals surface area contributed by atoms with E-state index in [2.05, 4.69) is 62.7 Å². The molecule has 9 nitrogen and oxygen atoms in total. The second-order valence-electron chi connectivity index (χ2n) is 13.2. The number of allylic oxidation sites excluding steroid dienone is 2. The molecule has 6 heterocycles. The smallest absolute Gasteiger partial charge is 0.260 e. The van der Waals surface area contributed by atoms with Crippen LogP contribution in [-0.4, -0.2) is 69.7 Å². The first-order chi connectivity index (χ1) is 22.1. The van der Waals surface area contributed by atoms with Crippen molar-refractivity contribution in [3.05, 3.63) is 87.6 Å². The first-order valence-electron chi connectivity index (χ1n) is 16.7. The Morgan fingerprint density at radius 2 is 1.93 bits per heavy atom. The number of rotatable bonds is 7. The van der Waals surface area contributed by atoms with Crippen LogP contribution < -0.4 is 21.1 Å². The molecule has 4 aromatic rings. The van der Waals surface area contributed by atoms with Crippen molar-refractivity contribution < 1.29 is 0 Å². The van der Waals surface area contributed by atoms with Gasteiger partial charge in [0.15, 0.2) is 0 Å². The van der Waals surface area contributed by atoms with Crippen molar-refractivity contribution in [3.8, 4) is 0 Å². The van der Waals surface area contributed by atoms with Crippen molar-refractivity contribution in [2.24, 2.45) is 0 Å². The monoisotopic (exact) mass is 602 g/mol. The van der Waals surface area contributed by atoms with E-state index in [0.29, 0.717) is 30.1 Å². The van der Waals surface area contributed by atoms with E-state index in [1.165, 1.54) is 41.8 Å². The fraction of sp³-hybridized carbons (Fsp3) is 0.444. The molecule has 0 amide bonds. The Hall–Kier alpha value is -4.08. The van der Waals surface area contributed by atoms with Crippen LogP contribution in [0.4, 0.5) is 17.3 Å². The quantitative estimate of drug-likeness (QED) is 0.295.